The van der Waals surface area contributed by atoms with E-state index in [0.29, 0.717) is 17.9 Å². The summed E-state index contributed by atoms with van der Waals surface area (Å²) in [6.07, 6.45) is 4.73. The molecule has 1 atom stereocenters. The summed E-state index contributed by atoms with van der Waals surface area (Å²) in [7, 11) is 0. The Bertz CT molecular complexity index is 986. The van der Waals surface area contributed by atoms with Crippen molar-refractivity contribution in [2.75, 3.05) is 11.9 Å². The molecular weight excluding hydrogens is 332 g/mol. The Hall–Kier alpha value is -2.93. The summed E-state index contributed by atoms with van der Waals surface area (Å²) < 4.78 is 7.53. The number of hydrogen-bond donors (Lipinski definition) is 2. The van der Waals surface area contributed by atoms with Crippen LogP contribution in [0.15, 0.2) is 47.4 Å². The fourth-order valence-electron chi connectivity index (χ4n) is 3.31. The Kier molecular flexibility index (Phi) is 4.53. The second kappa shape index (κ2) is 7.13. The zero-order valence-electron chi connectivity index (χ0n) is 14.3. The van der Waals surface area contributed by atoms with Gasteiger partial charge in [0, 0.05) is 29.9 Å². The fourth-order valence-corrected chi connectivity index (χ4v) is 3.31. The maximum absolute atomic E-state index is 12.9. The zero-order valence-corrected chi connectivity index (χ0v) is 14.3. The van der Waals surface area contributed by atoms with Crippen molar-refractivity contribution in [2.24, 2.45) is 0 Å². The molecule has 3 aromatic rings. The molecule has 0 bridgehead atoms. The molecule has 1 fully saturated rings. The van der Waals surface area contributed by atoms with Gasteiger partial charge < -0.3 is 15.0 Å². The molecule has 4 rings (SSSR count). The second-order valence-electron chi connectivity index (χ2n) is 6.43. The molecule has 3 heterocycles. The third-order valence-electron chi connectivity index (χ3n) is 4.54. The maximum Gasteiger partial charge on any atom is 0.274 e. The smallest absolute Gasteiger partial charge is 0.274 e. The van der Waals surface area contributed by atoms with E-state index in [1.807, 2.05) is 24.3 Å². The Morgan fingerprint density at radius 2 is 2.19 bits per heavy atom. The summed E-state index contributed by atoms with van der Waals surface area (Å²) in [6.45, 7) is 1.28. The van der Waals surface area contributed by atoms with Crippen LogP contribution in [0, 0.1) is 0 Å². The average molecular weight is 352 g/mol. The number of H-pyrrole nitrogens is 1. The fraction of sp³-hybridized carbons (Fsp3) is 0.316. The molecule has 2 aromatic heterocycles. The van der Waals surface area contributed by atoms with E-state index in [-0.39, 0.29) is 17.6 Å². The van der Waals surface area contributed by atoms with Crippen LogP contribution in [0.2, 0.25) is 0 Å². The van der Waals surface area contributed by atoms with Crippen molar-refractivity contribution in [3.8, 4) is 0 Å². The number of rotatable bonds is 4. The molecule has 1 unspecified atom stereocenters. The summed E-state index contributed by atoms with van der Waals surface area (Å²) in [5, 5.41) is 8.17. The molecule has 1 amide bonds. The van der Waals surface area contributed by atoms with E-state index in [4.69, 9.17) is 4.74 Å². The van der Waals surface area contributed by atoms with Gasteiger partial charge in [0.05, 0.1) is 18.2 Å². The van der Waals surface area contributed by atoms with Crippen LogP contribution >= 0.6 is 0 Å². The predicted octanol–water partition coefficient (Wildman–Crippen LogP) is 2.55. The normalized spacial score (nSPS) is 17.3. The highest BCUT2D eigenvalue weighted by atomic mass is 16.5. The number of carbonyl (C=O) groups is 1. The largest absolute Gasteiger partial charge is 0.376 e. The highest BCUT2D eigenvalue weighted by Gasteiger charge is 2.22. The Balaban J connectivity index is 1.68. The molecule has 7 nitrogen and oxygen atoms in total. The molecule has 0 spiro atoms. The van der Waals surface area contributed by atoms with Crippen LogP contribution < -0.4 is 10.9 Å². The predicted molar refractivity (Wildman–Crippen MR) is 98.3 cm³/mol. The number of aromatic amines is 1. The van der Waals surface area contributed by atoms with Gasteiger partial charge in [-0.2, -0.15) is 5.10 Å². The van der Waals surface area contributed by atoms with E-state index in [0.717, 1.165) is 36.8 Å². The Morgan fingerprint density at radius 3 is 3.00 bits per heavy atom. The molecule has 1 saturated heterocycles. The first kappa shape index (κ1) is 16.5. The van der Waals surface area contributed by atoms with E-state index < -0.39 is 0 Å². The molecule has 1 aliphatic heterocycles. The first-order valence-corrected chi connectivity index (χ1v) is 8.78. The second-order valence-corrected chi connectivity index (χ2v) is 6.43. The molecule has 0 saturated carbocycles. The molecule has 1 aromatic carbocycles. The van der Waals surface area contributed by atoms with Crippen molar-refractivity contribution in [3.63, 3.8) is 0 Å². The maximum atomic E-state index is 12.9. The highest BCUT2D eigenvalue weighted by molar-refractivity contribution is 6.11. The lowest BCUT2D eigenvalue weighted by molar-refractivity contribution is 0.00379. The van der Waals surface area contributed by atoms with E-state index in [9.17, 15) is 9.59 Å². The van der Waals surface area contributed by atoms with Crippen molar-refractivity contribution in [3.05, 3.63) is 58.6 Å². The van der Waals surface area contributed by atoms with Gasteiger partial charge in [0.25, 0.3) is 5.91 Å². The van der Waals surface area contributed by atoms with Gasteiger partial charge in [-0.1, -0.05) is 18.2 Å². The standard InChI is InChI=1S/C19H20N4O3/c24-17-11-13(8-9-20-17)21-19(25)18-15-6-1-2-7-16(15)22-23(18)12-14-5-3-4-10-26-14/h1-2,6-9,11,14H,3-5,10,12H2,(H2,20,21,24,25). The summed E-state index contributed by atoms with van der Waals surface area (Å²) >= 11 is 0. The van der Waals surface area contributed by atoms with Crippen LogP contribution in [0.4, 0.5) is 5.69 Å². The lowest BCUT2D eigenvalue weighted by Crippen LogP contribution is -2.28. The lowest BCUT2D eigenvalue weighted by atomic mass is 10.1. The highest BCUT2D eigenvalue weighted by Crippen LogP contribution is 2.22. The molecule has 7 heteroatoms. The Labute approximate surface area is 150 Å². The van der Waals surface area contributed by atoms with E-state index in [2.05, 4.69) is 15.4 Å². The van der Waals surface area contributed by atoms with Crippen molar-refractivity contribution < 1.29 is 9.53 Å². The summed E-state index contributed by atoms with van der Waals surface area (Å²) in [5.74, 6) is -0.292. The monoisotopic (exact) mass is 352 g/mol. The number of carbonyl (C=O) groups excluding carboxylic acids is 1. The molecule has 1 aliphatic rings. The van der Waals surface area contributed by atoms with Crippen LogP contribution in [0.1, 0.15) is 29.8 Å². The summed E-state index contributed by atoms with van der Waals surface area (Å²) in [4.78, 5) is 26.9. The minimum atomic E-state index is -0.292. The van der Waals surface area contributed by atoms with Crippen LogP contribution in [0.5, 0.6) is 0 Å². The van der Waals surface area contributed by atoms with Crippen LogP contribution in [0.3, 0.4) is 0 Å². The zero-order chi connectivity index (χ0) is 17.9. The lowest BCUT2D eigenvalue weighted by Gasteiger charge is -2.23. The number of nitrogens with zero attached hydrogens (tertiary/aromatic N) is 2. The van der Waals surface area contributed by atoms with E-state index in [1.54, 1.807) is 10.7 Å². The van der Waals surface area contributed by atoms with Gasteiger partial charge in [-0.25, -0.2) is 0 Å². The number of pyridine rings is 1. The van der Waals surface area contributed by atoms with Crippen molar-refractivity contribution in [1.82, 2.24) is 14.8 Å². The van der Waals surface area contributed by atoms with Gasteiger partial charge in [0.15, 0.2) is 0 Å². The van der Waals surface area contributed by atoms with Crippen LogP contribution in [-0.4, -0.2) is 33.4 Å². The molecule has 0 radical (unpaired) electrons. The minimum absolute atomic E-state index is 0.0594. The molecular formula is C19H20N4O3. The number of fused-ring (bicyclic) bond motifs is 1. The molecule has 2 N–H and O–H groups in total. The quantitative estimate of drug-likeness (QED) is 0.755. The third kappa shape index (κ3) is 3.39. The van der Waals surface area contributed by atoms with Gasteiger partial charge in [-0.3, -0.25) is 14.3 Å². The van der Waals surface area contributed by atoms with Gasteiger partial charge in [-0.05, 0) is 31.4 Å². The molecule has 0 aliphatic carbocycles. The van der Waals surface area contributed by atoms with E-state index in [1.165, 1.54) is 12.3 Å². The first-order chi connectivity index (χ1) is 12.7. The third-order valence-corrected chi connectivity index (χ3v) is 4.54. The van der Waals surface area contributed by atoms with Crippen molar-refractivity contribution in [2.45, 2.75) is 31.9 Å². The van der Waals surface area contributed by atoms with Crippen LogP contribution in [0.25, 0.3) is 10.9 Å². The van der Waals surface area contributed by atoms with Crippen molar-refractivity contribution in [1.29, 1.82) is 0 Å². The number of anilines is 1. The van der Waals surface area contributed by atoms with Crippen LogP contribution in [-0.2, 0) is 11.3 Å². The number of nitrogens with one attached hydrogen (secondary N) is 2. The molecule has 134 valence electrons. The number of ether oxygens (including phenoxy) is 1. The number of hydrogen-bond acceptors (Lipinski definition) is 4. The summed E-state index contributed by atoms with van der Waals surface area (Å²) in [6, 6.07) is 10.5. The SMILES string of the molecule is O=C(Nc1cc[nH]c(=O)c1)c1c2ccccc2nn1CC1CCCCO1. The number of amides is 1. The first-order valence-electron chi connectivity index (χ1n) is 8.78. The van der Waals surface area contributed by atoms with Crippen molar-refractivity contribution >= 4 is 22.5 Å². The number of aromatic nitrogens is 3. The average Bonchev–Trinajstić information content (AvgIpc) is 3.00. The van der Waals surface area contributed by atoms with E-state index >= 15 is 0 Å². The number of benzene rings is 1. The van der Waals surface area contributed by atoms with Gasteiger partial charge in [-0.15, -0.1) is 0 Å². The van der Waals surface area contributed by atoms with Gasteiger partial charge in [0.1, 0.15) is 5.69 Å². The summed E-state index contributed by atoms with van der Waals surface area (Å²) in [5.41, 5.74) is 1.43. The topological polar surface area (TPSA) is 89.0 Å². The molecule has 26 heavy (non-hydrogen) atoms. The van der Waals surface area contributed by atoms with Gasteiger partial charge >= 0.3 is 0 Å². The van der Waals surface area contributed by atoms with Gasteiger partial charge in [0.2, 0.25) is 5.56 Å². The minimum Gasteiger partial charge on any atom is -0.376 e. The Morgan fingerprint density at radius 1 is 1.31 bits per heavy atom.